The molecule has 10 heteroatoms. The summed E-state index contributed by atoms with van der Waals surface area (Å²) in [5.41, 5.74) is 4.79. The Morgan fingerprint density at radius 3 is 2.83 bits per heavy atom. The maximum atomic E-state index is 10.4. The molecule has 0 aromatic carbocycles. The third kappa shape index (κ3) is 2.30. The van der Waals surface area contributed by atoms with Gasteiger partial charge in [-0.05, 0) is 17.7 Å². The van der Waals surface area contributed by atoms with Crippen LogP contribution in [0.25, 0.3) is 11.0 Å². The molecule has 3 heterocycles. The molecule has 0 bridgehead atoms. The van der Waals surface area contributed by atoms with Crippen LogP contribution in [0.1, 0.15) is 12.6 Å². The number of hydrogen-bond acceptors (Lipinski definition) is 6. The third-order valence-electron chi connectivity index (χ3n) is 4.22. The molecule has 1 saturated heterocycles. The van der Waals surface area contributed by atoms with Crippen molar-refractivity contribution in [1.82, 2.24) is 14.5 Å². The predicted molar refractivity (Wildman–Crippen MR) is 91.3 cm³/mol. The number of anilines is 1. The zero-order valence-corrected chi connectivity index (χ0v) is 13.4. The lowest BCUT2D eigenvalue weighted by molar-refractivity contribution is -0.117. The van der Waals surface area contributed by atoms with E-state index in [4.69, 9.17) is 28.5 Å². The number of terminal acetylenes is 1. The second-order valence-corrected chi connectivity index (χ2v) is 6.44. The molecule has 7 nitrogen and oxygen atoms in total. The molecule has 4 N–H and O–H groups in total. The molecule has 2 aromatic rings. The quantitative estimate of drug-likeness (QED) is 0.341. The van der Waals surface area contributed by atoms with Crippen molar-refractivity contribution >= 4 is 44.1 Å². The molecule has 2 aromatic heterocycles. The van der Waals surface area contributed by atoms with Crippen LogP contribution in [0.4, 0.5) is 5.82 Å². The Balaban J connectivity index is 2.07. The van der Waals surface area contributed by atoms with Gasteiger partial charge in [0.2, 0.25) is 5.28 Å². The van der Waals surface area contributed by atoms with Crippen LogP contribution in [0.15, 0.2) is 12.3 Å². The van der Waals surface area contributed by atoms with E-state index >= 15 is 0 Å². The minimum absolute atomic E-state index is 0.0131. The van der Waals surface area contributed by atoms with E-state index in [-0.39, 0.29) is 17.5 Å². The number of rotatable bonds is 2. The first-order valence-electron chi connectivity index (χ1n) is 7.05. The van der Waals surface area contributed by atoms with E-state index in [9.17, 15) is 10.2 Å². The minimum Gasteiger partial charge on any atom is -0.404 e. The highest BCUT2D eigenvalue weighted by Gasteiger charge is 2.56. The second kappa shape index (κ2) is 5.14. The fourth-order valence-corrected chi connectivity index (χ4v) is 3.16. The Morgan fingerprint density at radius 1 is 1.57 bits per heavy atom. The number of aromatic nitrogens is 3. The Bertz CT molecular complexity index is 816. The van der Waals surface area contributed by atoms with Crippen LogP contribution >= 0.6 is 11.6 Å². The number of nitrogens with zero attached hydrogens (tertiary/aromatic N) is 3. The maximum Gasteiger partial charge on any atom is 0.226 e. The standard InChI is InChI=1S/C13H15B2ClN4O3/c1-2-12(13(14,15)22)7(21)5-8(23-12)20-4-3-6-9(17)18-11(16)19-10(6)20/h1,3-4,7-8,21-22H,5,14-15H2,(H2,17,18,19)/t7-,8+,12?/m0/s1. The smallest absolute Gasteiger partial charge is 0.226 e. The Kier molecular flexibility index (Phi) is 3.61. The summed E-state index contributed by atoms with van der Waals surface area (Å²) < 4.78 is 7.56. The van der Waals surface area contributed by atoms with Crippen LogP contribution in [0.2, 0.25) is 5.28 Å². The molecule has 0 saturated carbocycles. The molecule has 1 aliphatic heterocycles. The molecule has 118 valence electrons. The van der Waals surface area contributed by atoms with Gasteiger partial charge in [0.15, 0.2) is 5.60 Å². The highest BCUT2D eigenvalue weighted by molar-refractivity contribution is 6.40. The van der Waals surface area contributed by atoms with Crippen molar-refractivity contribution < 1.29 is 14.9 Å². The van der Waals surface area contributed by atoms with Gasteiger partial charge in [0.25, 0.3) is 0 Å². The summed E-state index contributed by atoms with van der Waals surface area (Å²) in [5.74, 6) is 2.66. The van der Waals surface area contributed by atoms with E-state index < -0.39 is 23.3 Å². The van der Waals surface area contributed by atoms with Crippen molar-refractivity contribution in [3.8, 4) is 12.3 Å². The normalized spacial score (nSPS) is 28.1. The topological polar surface area (TPSA) is 106 Å². The average Bonchev–Trinajstić information content (AvgIpc) is 2.99. The SMILES string of the molecule is BC(B)(O)C1(C#C)O[C@@H](n2ccc3c(N)nc(Cl)nc32)C[C@@H]1O. The molecule has 0 amide bonds. The molecule has 0 radical (unpaired) electrons. The lowest BCUT2D eigenvalue weighted by Crippen LogP contribution is -2.60. The van der Waals surface area contributed by atoms with Crippen molar-refractivity contribution in [3.63, 3.8) is 0 Å². The van der Waals surface area contributed by atoms with Gasteiger partial charge in [0, 0.05) is 18.0 Å². The zero-order chi connectivity index (χ0) is 17.0. The number of hydrogen-bond donors (Lipinski definition) is 3. The summed E-state index contributed by atoms with van der Waals surface area (Å²) in [4.78, 5) is 8.06. The summed E-state index contributed by atoms with van der Waals surface area (Å²) in [5, 5.41) is 20.0. The van der Waals surface area contributed by atoms with Crippen molar-refractivity contribution in [2.24, 2.45) is 0 Å². The first-order chi connectivity index (χ1) is 10.7. The van der Waals surface area contributed by atoms with Crippen LogP contribution in [0.3, 0.4) is 0 Å². The van der Waals surface area contributed by atoms with Crippen LogP contribution in [-0.2, 0) is 4.74 Å². The predicted octanol–water partition coefficient (Wildman–Crippen LogP) is -1.77. The summed E-state index contributed by atoms with van der Waals surface area (Å²) >= 11 is 5.87. The molecule has 23 heavy (non-hydrogen) atoms. The monoisotopic (exact) mass is 332 g/mol. The number of nitrogens with two attached hydrogens (primary N) is 1. The fraction of sp³-hybridized carbons (Fsp3) is 0.385. The lowest BCUT2D eigenvalue weighted by atomic mass is 9.54. The molecular formula is C13H15B2ClN4O3. The Hall–Kier alpha value is -1.72. The highest BCUT2D eigenvalue weighted by Crippen LogP contribution is 2.42. The van der Waals surface area contributed by atoms with E-state index in [1.807, 2.05) is 0 Å². The lowest BCUT2D eigenvalue weighted by Gasteiger charge is -2.38. The van der Waals surface area contributed by atoms with Gasteiger partial charge < -0.3 is 25.3 Å². The number of nitrogen functional groups attached to an aromatic ring is 1. The number of ether oxygens (including phenoxy) is 1. The molecule has 3 rings (SSSR count). The fourth-order valence-electron chi connectivity index (χ4n) is 2.99. The van der Waals surface area contributed by atoms with Crippen LogP contribution < -0.4 is 5.73 Å². The number of aliphatic hydroxyl groups is 2. The first-order valence-corrected chi connectivity index (χ1v) is 7.43. The molecule has 3 atom stereocenters. The van der Waals surface area contributed by atoms with Gasteiger partial charge in [-0.15, -0.1) is 6.42 Å². The van der Waals surface area contributed by atoms with Gasteiger partial charge in [-0.2, -0.15) is 4.98 Å². The van der Waals surface area contributed by atoms with E-state index in [1.165, 1.54) is 15.7 Å². The molecule has 0 spiro atoms. The first kappa shape index (κ1) is 16.1. The maximum absolute atomic E-state index is 10.4. The van der Waals surface area contributed by atoms with E-state index in [2.05, 4.69) is 15.9 Å². The Labute approximate surface area is 139 Å². The molecule has 1 fully saturated rings. The number of halogens is 1. The summed E-state index contributed by atoms with van der Waals surface area (Å²) in [6.45, 7) is 0. The van der Waals surface area contributed by atoms with Crippen LogP contribution in [0.5, 0.6) is 0 Å². The second-order valence-electron chi connectivity index (χ2n) is 6.10. The van der Waals surface area contributed by atoms with Crippen LogP contribution in [0, 0.1) is 12.3 Å². The Morgan fingerprint density at radius 2 is 2.26 bits per heavy atom. The average molecular weight is 332 g/mol. The van der Waals surface area contributed by atoms with Crippen molar-refractivity contribution in [2.45, 2.75) is 29.8 Å². The molecule has 1 unspecified atom stereocenters. The van der Waals surface area contributed by atoms with Gasteiger partial charge in [0.05, 0.1) is 11.5 Å². The molecule has 0 aliphatic carbocycles. The van der Waals surface area contributed by atoms with E-state index in [0.717, 1.165) is 0 Å². The van der Waals surface area contributed by atoms with Gasteiger partial charge in [0.1, 0.15) is 33.4 Å². The van der Waals surface area contributed by atoms with Crippen molar-refractivity contribution in [2.75, 3.05) is 5.73 Å². The number of aliphatic hydroxyl groups excluding tert-OH is 1. The van der Waals surface area contributed by atoms with Crippen molar-refractivity contribution in [3.05, 3.63) is 17.5 Å². The van der Waals surface area contributed by atoms with Gasteiger partial charge >= 0.3 is 0 Å². The number of fused-ring (bicyclic) bond motifs is 1. The van der Waals surface area contributed by atoms with Crippen LogP contribution in [-0.4, -0.2) is 57.5 Å². The largest absolute Gasteiger partial charge is 0.404 e. The van der Waals surface area contributed by atoms with Gasteiger partial charge in [-0.25, -0.2) is 4.98 Å². The van der Waals surface area contributed by atoms with Gasteiger partial charge in [-0.1, -0.05) is 5.92 Å². The minimum atomic E-state index is -1.52. The zero-order valence-electron chi connectivity index (χ0n) is 12.7. The van der Waals surface area contributed by atoms with Gasteiger partial charge in [-0.3, -0.25) is 0 Å². The van der Waals surface area contributed by atoms with E-state index in [0.29, 0.717) is 11.0 Å². The summed E-state index contributed by atoms with van der Waals surface area (Å²) in [7, 11) is 3.01. The van der Waals surface area contributed by atoms with Crippen molar-refractivity contribution in [1.29, 1.82) is 0 Å². The summed E-state index contributed by atoms with van der Waals surface area (Å²) in [6, 6.07) is 1.73. The van der Waals surface area contributed by atoms with E-state index in [1.54, 1.807) is 16.8 Å². The third-order valence-corrected chi connectivity index (χ3v) is 4.39. The molecular weight excluding hydrogens is 317 g/mol. The summed E-state index contributed by atoms with van der Waals surface area (Å²) in [6.07, 6.45) is 5.80. The highest BCUT2D eigenvalue weighted by atomic mass is 35.5. The molecule has 1 aliphatic rings.